The standard InChI is InChI=1S/C44H55N5O10S/c1-6-29-24-44(29,41(52)48-60(5,54)55)47-39(50)34-21-31-25-49(34)40(51)38(27-14-9-7-10-15-27)46-42(53)57-26-43(2,3)19-13-16-28-20-32-33(22-35(28)56-4)45-37(23-36(32)58-31)59-30-17-11-8-12-18-30/h6,8,11-12,17-18,20,22-23,27,29,31,34,38H,1,7,9-10,13-16,19,21,24-26H2,2-5H3,(H,46,53)(H,47,50)(H,48,52)/t29-,31+,34-,38-,44+/m0/s1. The summed E-state index contributed by atoms with van der Waals surface area (Å²) in [6.07, 6.45) is 7.30. The minimum atomic E-state index is -3.96. The highest BCUT2D eigenvalue weighted by molar-refractivity contribution is 7.89. The van der Waals surface area contributed by atoms with Gasteiger partial charge in [-0.3, -0.25) is 19.1 Å². The van der Waals surface area contributed by atoms with Gasteiger partial charge >= 0.3 is 6.09 Å². The fourth-order valence-electron chi connectivity index (χ4n) is 8.83. The normalized spacial score (nSPS) is 26.1. The quantitative estimate of drug-likeness (QED) is 0.229. The van der Waals surface area contributed by atoms with Crippen LogP contribution in [0.25, 0.3) is 10.9 Å². The minimum Gasteiger partial charge on any atom is -0.496 e. The number of methoxy groups -OCH3 is 1. The van der Waals surface area contributed by atoms with Crippen LogP contribution >= 0.6 is 0 Å². The number of hydrogen-bond acceptors (Lipinski definition) is 11. The Hall–Kier alpha value is -5.38. The van der Waals surface area contributed by atoms with Gasteiger partial charge in [-0.25, -0.2) is 18.2 Å². The number of nitrogens with zero attached hydrogens (tertiary/aromatic N) is 2. The maximum atomic E-state index is 15.0. The Balaban J connectivity index is 1.30. The van der Waals surface area contributed by atoms with Gasteiger partial charge in [-0.2, -0.15) is 0 Å². The molecule has 3 heterocycles. The lowest BCUT2D eigenvalue weighted by Gasteiger charge is -2.35. The highest BCUT2D eigenvalue weighted by Gasteiger charge is 2.61. The van der Waals surface area contributed by atoms with Crippen LogP contribution in [0.2, 0.25) is 0 Å². The molecule has 1 saturated heterocycles. The van der Waals surface area contributed by atoms with Gasteiger partial charge < -0.3 is 34.5 Å². The minimum absolute atomic E-state index is 0.0117. The van der Waals surface area contributed by atoms with Gasteiger partial charge in [0.05, 0.1) is 32.0 Å². The van der Waals surface area contributed by atoms with Crippen LogP contribution in [0.4, 0.5) is 4.79 Å². The first-order chi connectivity index (χ1) is 28.6. The Labute approximate surface area is 351 Å². The predicted molar refractivity (Wildman–Crippen MR) is 223 cm³/mol. The molecule has 7 rings (SSSR count). The third-order valence-corrected chi connectivity index (χ3v) is 12.7. The van der Waals surface area contributed by atoms with Gasteiger partial charge in [-0.05, 0) is 73.6 Å². The Morgan fingerprint density at radius 3 is 2.50 bits per heavy atom. The highest BCUT2D eigenvalue weighted by Crippen LogP contribution is 2.45. The number of sulfonamides is 1. The molecule has 3 aromatic rings. The van der Waals surface area contributed by atoms with Gasteiger partial charge in [0.15, 0.2) is 0 Å². The average Bonchev–Trinajstić information content (AvgIpc) is 3.77. The molecule has 2 aliphatic heterocycles. The Kier molecular flexibility index (Phi) is 12.3. The van der Waals surface area contributed by atoms with Crippen molar-refractivity contribution in [2.45, 2.75) is 102 Å². The van der Waals surface area contributed by atoms with E-state index in [1.807, 2.05) is 61.0 Å². The maximum absolute atomic E-state index is 15.0. The molecule has 16 heteroatoms. The third-order valence-electron chi connectivity index (χ3n) is 12.1. The first kappa shape index (κ1) is 42.7. The van der Waals surface area contributed by atoms with Crippen molar-refractivity contribution in [1.29, 1.82) is 0 Å². The lowest BCUT2D eigenvalue weighted by atomic mass is 9.83. The van der Waals surface area contributed by atoms with E-state index >= 15 is 0 Å². The summed E-state index contributed by atoms with van der Waals surface area (Å²) < 4.78 is 50.9. The molecule has 0 spiro atoms. The lowest BCUT2D eigenvalue weighted by Crippen LogP contribution is -2.59. The molecule has 4 bridgehead atoms. The molecule has 2 aromatic carbocycles. The van der Waals surface area contributed by atoms with E-state index in [-0.39, 0.29) is 37.8 Å². The fourth-order valence-corrected chi connectivity index (χ4v) is 9.35. The zero-order chi connectivity index (χ0) is 42.8. The zero-order valence-electron chi connectivity index (χ0n) is 34.7. The summed E-state index contributed by atoms with van der Waals surface area (Å²) >= 11 is 0. The second-order valence-corrected chi connectivity index (χ2v) is 19.1. The average molecular weight is 846 g/mol. The highest BCUT2D eigenvalue weighted by atomic mass is 32.2. The van der Waals surface area contributed by atoms with Crippen LogP contribution in [0.3, 0.4) is 0 Å². The summed E-state index contributed by atoms with van der Waals surface area (Å²) in [5, 5.41) is 6.38. The molecule has 1 aromatic heterocycles. The molecule has 3 fully saturated rings. The van der Waals surface area contributed by atoms with Crippen molar-refractivity contribution in [3.8, 4) is 23.1 Å². The number of amides is 4. The first-order valence-corrected chi connectivity index (χ1v) is 22.6. The van der Waals surface area contributed by atoms with Crippen molar-refractivity contribution in [3.63, 3.8) is 0 Å². The number of nitrogens with one attached hydrogen (secondary N) is 3. The molecular formula is C44H55N5O10S. The Bertz CT molecular complexity index is 2250. The molecule has 3 N–H and O–H groups in total. The summed E-state index contributed by atoms with van der Waals surface area (Å²) in [4.78, 5) is 62.7. The summed E-state index contributed by atoms with van der Waals surface area (Å²) in [7, 11) is -2.36. The van der Waals surface area contributed by atoms with Crippen molar-refractivity contribution in [1.82, 2.24) is 25.2 Å². The topological polar surface area (TPSA) is 192 Å². The first-order valence-electron chi connectivity index (χ1n) is 20.7. The molecular weight excluding hydrogens is 791 g/mol. The van der Waals surface area contributed by atoms with Crippen molar-refractivity contribution in [3.05, 3.63) is 66.7 Å². The molecule has 4 aliphatic rings. The summed E-state index contributed by atoms with van der Waals surface area (Å²) in [6.45, 7) is 7.90. The number of rotatable bonds is 9. The zero-order valence-corrected chi connectivity index (χ0v) is 35.5. The van der Waals surface area contributed by atoms with E-state index in [0.29, 0.717) is 47.4 Å². The number of para-hydroxylation sites is 1. The van der Waals surface area contributed by atoms with Crippen molar-refractivity contribution in [2.24, 2.45) is 17.3 Å². The molecule has 5 atom stereocenters. The van der Waals surface area contributed by atoms with E-state index < -0.39 is 68.9 Å². The smallest absolute Gasteiger partial charge is 0.407 e. The van der Waals surface area contributed by atoms with E-state index in [0.717, 1.165) is 43.9 Å². The molecule has 0 radical (unpaired) electrons. The lowest BCUT2D eigenvalue weighted by molar-refractivity contribution is -0.142. The molecule has 2 aliphatic carbocycles. The van der Waals surface area contributed by atoms with Gasteiger partial charge in [-0.1, -0.05) is 57.4 Å². The van der Waals surface area contributed by atoms with E-state index in [9.17, 15) is 27.6 Å². The molecule has 60 heavy (non-hydrogen) atoms. The van der Waals surface area contributed by atoms with Crippen LogP contribution in [0.1, 0.15) is 77.2 Å². The fraction of sp³-hybridized carbons (Fsp3) is 0.523. The number of aryl methyl sites for hydroxylation is 1. The van der Waals surface area contributed by atoms with Gasteiger partial charge in [0, 0.05) is 29.9 Å². The van der Waals surface area contributed by atoms with E-state index in [1.165, 1.54) is 11.0 Å². The van der Waals surface area contributed by atoms with Gasteiger partial charge in [-0.15, -0.1) is 6.58 Å². The molecule has 15 nitrogen and oxygen atoms in total. The van der Waals surface area contributed by atoms with E-state index in [2.05, 4.69) is 17.2 Å². The molecule has 0 unspecified atom stereocenters. The SMILES string of the molecule is C=C[C@H]1C[C@]1(NC(=O)[C@@H]1C[C@@H]2CN1C(=O)[C@H](C1CCCCC1)NC(=O)OCC(C)(C)CCCc1cc3c(cc(Oc4ccccc4)nc3cc1OC)O2)C(=O)NS(C)(=O)=O. The van der Waals surface area contributed by atoms with Crippen LogP contribution in [-0.2, 0) is 35.6 Å². The number of fused-ring (bicyclic) bond motifs is 3. The number of carbonyl (C=O) groups excluding carboxylic acids is 4. The number of hydrogen-bond donors (Lipinski definition) is 3. The number of carbonyl (C=O) groups is 4. The van der Waals surface area contributed by atoms with Gasteiger partial charge in [0.25, 0.3) is 5.91 Å². The number of ether oxygens (including phenoxy) is 4. The van der Waals surface area contributed by atoms with Crippen LogP contribution in [0, 0.1) is 17.3 Å². The second kappa shape index (κ2) is 17.3. The molecule has 2 saturated carbocycles. The largest absolute Gasteiger partial charge is 0.496 e. The number of benzene rings is 2. The number of aromatic nitrogens is 1. The third kappa shape index (κ3) is 9.64. The van der Waals surface area contributed by atoms with Gasteiger partial charge in [0.1, 0.15) is 41.0 Å². The summed E-state index contributed by atoms with van der Waals surface area (Å²) in [5.41, 5.74) is -0.517. The number of cyclic esters (lactones) is 1. The Morgan fingerprint density at radius 1 is 1.07 bits per heavy atom. The van der Waals surface area contributed by atoms with Crippen LogP contribution < -0.4 is 29.6 Å². The summed E-state index contributed by atoms with van der Waals surface area (Å²) in [6, 6.07) is 12.5. The predicted octanol–water partition coefficient (Wildman–Crippen LogP) is 5.56. The number of pyridine rings is 1. The van der Waals surface area contributed by atoms with Crippen molar-refractivity contribution < 1.29 is 46.5 Å². The number of alkyl carbamates (subject to hydrolysis) is 1. The van der Waals surface area contributed by atoms with Crippen LogP contribution in [0.5, 0.6) is 23.1 Å². The molecule has 322 valence electrons. The maximum Gasteiger partial charge on any atom is 0.407 e. The van der Waals surface area contributed by atoms with Crippen LogP contribution in [0.15, 0.2) is 61.2 Å². The van der Waals surface area contributed by atoms with E-state index in [4.69, 9.17) is 23.9 Å². The Morgan fingerprint density at radius 2 is 1.82 bits per heavy atom. The van der Waals surface area contributed by atoms with Gasteiger partial charge in [0.2, 0.25) is 27.7 Å². The monoisotopic (exact) mass is 845 g/mol. The second-order valence-electron chi connectivity index (χ2n) is 17.4. The van der Waals surface area contributed by atoms with Crippen LogP contribution in [-0.4, -0.2) is 92.4 Å². The van der Waals surface area contributed by atoms with Crippen molar-refractivity contribution >= 4 is 44.7 Å². The molecule has 4 amide bonds. The summed E-state index contributed by atoms with van der Waals surface area (Å²) in [5.74, 6) is -0.927. The van der Waals surface area contributed by atoms with Crippen molar-refractivity contribution in [2.75, 3.05) is 26.5 Å². The van der Waals surface area contributed by atoms with E-state index in [1.54, 1.807) is 13.2 Å².